The maximum Gasteiger partial charge on any atom is 0.266 e. The van der Waals surface area contributed by atoms with Crippen molar-refractivity contribution in [1.29, 1.82) is 0 Å². The first-order valence-corrected chi connectivity index (χ1v) is 4.66. The molecule has 0 aliphatic heterocycles. The Morgan fingerprint density at radius 2 is 2.21 bits per heavy atom. The summed E-state index contributed by atoms with van der Waals surface area (Å²) >= 11 is 3.06. The quantitative estimate of drug-likeness (QED) is 0.820. The van der Waals surface area contributed by atoms with Crippen LogP contribution in [0.4, 0.5) is 8.78 Å². The maximum absolute atomic E-state index is 12.6. The molecule has 14 heavy (non-hydrogen) atoms. The summed E-state index contributed by atoms with van der Waals surface area (Å²) in [4.78, 5) is 3.75. The van der Waals surface area contributed by atoms with Crippen LogP contribution >= 0.6 is 15.9 Å². The van der Waals surface area contributed by atoms with E-state index in [1.807, 2.05) is 0 Å². The SMILES string of the molecule is NCc1cc(Br)nc(CO)c1C(F)F. The van der Waals surface area contributed by atoms with Gasteiger partial charge in [-0.25, -0.2) is 13.8 Å². The maximum atomic E-state index is 12.6. The summed E-state index contributed by atoms with van der Waals surface area (Å²) in [5.41, 5.74) is 5.32. The second-order valence-corrected chi connectivity index (χ2v) is 3.44. The molecule has 1 heterocycles. The van der Waals surface area contributed by atoms with E-state index in [0.29, 0.717) is 10.2 Å². The topological polar surface area (TPSA) is 59.1 Å². The van der Waals surface area contributed by atoms with E-state index in [2.05, 4.69) is 20.9 Å². The fraction of sp³-hybridized carbons (Fsp3) is 0.375. The Morgan fingerprint density at radius 3 is 2.64 bits per heavy atom. The Labute approximate surface area is 88.1 Å². The molecule has 0 saturated carbocycles. The lowest BCUT2D eigenvalue weighted by atomic mass is 10.1. The van der Waals surface area contributed by atoms with Crippen LogP contribution in [0.15, 0.2) is 10.7 Å². The average molecular weight is 267 g/mol. The molecular formula is C8H9BrF2N2O. The molecular weight excluding hydrogens is 258 g/mol. The highest BCUT2D eigenvalue weighted by atomic mass is 79.9. The fourth-order valence-electron chi connectivity index (χ4n) is 1.18. The normalized spacial score (nSPS) is 11.0. The van der Waals surface area contributed by atoms with Crippen LogP contribution in [0.25, 0.3) is 0 Å². The zero-order chi connectivity index (χ0) is 10.7. The molecule has 0 fully saturated rings. The average Bonchev–Trinajstić information content (AvgIpc) is 2.15. The third kappa shape index (κ3) is 2.26. The Morgan fingerprint density at radius 1 is 1.57 bits per heavy atom. The number of nitrogens with two attached hydrogens (primary N) is 1. The lowest BCUT2D eigenvalue weighted by molar-refractivity contribution is 0.145. The van der Waals surface area contributed by atoms with Crippen molar-refractivity contribution >= 4 is 15.9 Å². The molecule has 0 aliphatic carbocycles. The molecule has 6 heteroatoms. The van der Waals surface area contributed by atoms with Crippen LogP contribution in [0, 0.1) is 0 Å². The summed E-state index contributed by atoms with van der Waals surface area (Å²) in [7, 11) is 0. The van der Waals surface area contributed by atoms with Crippen LogP contribution < -0.4 is 5.73 Å². The summed E-state index contributed by atoms with van der Waals surface area (Å²) < 4.78 is 25.5. The monoisotopic (exact) mass is 266 g/mol. The highest BCUT2D eigenvalue weighted by Crippen LogP contribution is 2.27. The van der Waals surface area contributed by atoms with Gasteiger partial charge in [-0.05, 0) is 27.6 Å². The van der Waals surface area contributed by atoms with Gasteiger partial charge >= 0.3 is 0 Å². The van der Waals surface area contributed by atoms with Crippen molar-refractivity contribution in [3.05, 3.63) is 27.5 Å². The highest BCUT2D eigenvalue weighted by molar-refractivity contribution is 9.10. The zero-order valence-electron chi connectivity index (χ0n) is 7.17. The van der Waals surface area contributed by atoms with Crippen LogP contribution in [0.2, 0.25) is 0 Å². The Hall–Kier alpha value is -0.590. The molecule has 0 saturated heterocycles. The molecule has 0 aromatic carbocycles. The Kier molecular flexibility index (Phi) is 3.91. The van der Waals surface area contributed by atoms with E-state index >= 15 is 0 Å². The van der Waals surface area contributed by atoms with Crippen molar-refractivity contribution in [2.75, 3.05) is 0 Å². The van der Waals surface area contributed by atoms with E-state index in [1.165, 1.54) is 6.07 Å². The second kappa shape index (κ2) is 4.77. The van der Waals surface area contributed by atoms with Crippen LogP contribution in [-0.4, -0.2) is 10.1 Å². The van der Waals surface area contributed by atoms with Gasteiger partial charge in [0.15, 0.2) is 0 Å². The molecule has 0 amide bonds. The van der Waals surface area contributed by atoms with Crippen molar-refractivity contribution in [2.24, 2.45) is 5.73 Å². The van der Waals surface area contributed by atoms with Gasteiger partial charge < -0.3 is 10.8 Å². The predicted molar refractivity (Wildman–Crippen MR) is 50.7 cm³/mol. The summed E-state index contributed by atoms with van der Waals surface area (Å²) in [6.45, 7) is -0.528. The van der Waals surface area contributed by atoms with Crippen molar-refractivity contribution in [3.63, 3.8) is 0 Å². The predicted octanol–water partition coefficient (Wildman–Crippen LogP) is 1.73. The van der Waals surface area contributed by atoms with Gasteiger partial charge in [-0.3, -0.25) is 0 Å². The van der Waals surface area contributed by atoms with E-state index in [4.69, 9.17) is 10.8 Å². The van der Waals surface area contributed by atoms with Gasteiger partial charge in [-0.2, -0.15) is 0 Å². The minimum atomic E-state index is -2.67. The van der Waals surface area contributed by atoms with Gasteiger partial charge in [-0.15, -0.1) is 0 Å². The fourth-order valence-corrected chi connectivity index (χ4v) is 1.67. The van der Waals surface area contributed by atoms with E-state index in [0.717, 1.165) is 0 Å². The second-order valence-electron chi connectivity index (χ2n) is 2.63. The van der Waals surface area contributed by atoms with Gasteiger partial charge in [-0.1, -0.05) is 0 Å². The molecule has 0 unspecified atom stereocenters. The number of aliphatic hydroxyl groups is 1. The van der Waals surface area contributed by atoms with Gasteiger partial charge in [0, 0.05) is 12.1 Å². The number of rotatable bonds is 3. The summed E-state index contributed by atoms with van der Waals surface area (Å²) in [5, 5.41) is 8.85. The number of pyridine rings is 1. The first kappa shape index (κ1) is 11.5. The number of halogens is 3. The number of hydrogen-bond acceptors (Lipinski definition) is 3. The number of aromatic nitrogens is 1. The molecule has 3 N–H and O–H groups in total. The van der Waals surface area contributed by atoms with Crippen molar-refractivity contribution < 1.29 is 13.9 Å². The molecule has 0 atom stereocenters. The van der Waals surface area contributed by atoms with Crippen LogP contribution in [0.5, 0.6) is 0 Å². The molecule has 78 valence electrons. The molecule has 0 spiro atoms. The highest BCUT2D eigenvalue weighted by Gasteiger charge is 2.18. The summed E-state index contributed by atoms with van der Waals surface area (Å²) in [6.07, 6.45) is -2.67. The number of hydrogen-bond donors (Lipinski definition) is 2. The lowest BCUT2D eigenvalue weighted by Crippen LogP contribution is -2.08. The van der Waals surface area contributed by atoms with Crippen molar-refractivity contribution in [1.82, 2.24) is 4.98 Å². The Bertz CT molecular complexity index is 308. The largest absolute Gasteiger partial charge is 0.390 e. The summed E-state index contributed by atoms with van der Waals surface area (Å²) in [5.74, 6) is 0. The smallest absolute Gasteiger partial charge is 0.266 e. The first-order valence-electron chi connectivity index (χ1n) is 3.87. The number of alkyl halides is 2. The van der Waals surface area contributed by atoms with Gasteiger partial charge in [0.25, 0.3) is 6.43 Å². The molecule has 3 nitrogen and oxygen atoms in total. The number of aliphatic hydroxyl groups excluding tert-OH is 1. The van der Waals surface area contributed by atoms with E-state index in [9.17, 15) is 8.78 Å². The van der Waals surface area contributed by atoms with Crippen molar-refractivity contribution in [2.45, 2.75) is 19.6 Å². The van der Waals surface area contributed by atoms with Gasteiger partial charge in [0.2, 0.25) is 0 Å². The zero-order valence-corrected chi connectivity index (χ0v) is 8.76. The van der Waals surface area contributed by atoms with Gasteiger partial charge in [0.1, 0.15) is 4.60 Å². The molecule has 1 rings (SSSR count). The van der Waals surface area contributed by atoms with E-state index < -0.39 is 13.0 Å². The molecule has 1 aromatic rings. The van der Waals surface area contributed by atoms with Gasteiger partial charge in [0.05, 0.1) is 12.3 Å². The molecule has 1 aromatic heterocycles. The standard InChI is InChI=1S/C8H9BrF2N2O/c9-6-1-4(2-12)7(8(10)11)5(3-14)13-6/h1,8,14H,2-3,12H2. The third-order valence-electron chi connectivity index (χ3n) is 1.78. The lowest BCUT2D eigenvalue weighted by Gasteiger charge is -2.11. The third-order valence-corrected chi connectivity index (χ3v) is 2.19. The molecule has 0 bridgehead atoms. The van der Waals surface area contributed by atoms with E-state index in [-0.39, 0.29) is 17.8 Å². The van der Waals surface area contributed by atoms with Crippen LogP contribution in [0.1, 0.15) is 23.2 Å². The summed E-state index contributed by atoms with van der Waals surface area (Å²) in [6, 6.07) is 1.43. The van der Waals surface area contributed by atoms with Crippen LogP contribution in [-0.2, 0) is 13.2 Å². The minimum absolute atomic E-state index is 0.00616. The Balaban J connectivity index is 3.33. The van der Waals surface area contributed by atoms with Crippen molar-refractivity contribution in [3.8, 4) is 0 Å². The molecule has 0 aliphatic rings. The molecule has 0 radical (unpaired) electrons. The van der Waals surface area contributed by atoms with E-state index in [1.54, 1.807) is 0 Å². The first-order chi connectivity index (χ1) is 6.60. The minimum Gasteiger partial charge on any atom is -0.390 e. The number of nitrogens with zero attached hydrogens (tertiary/aromatic N) is 1. The van der Waals surface area contributed by atoms with Crippen LogP contribution in [0.3, 0.4) is 0 Å².